The Morgan fingerprint density at radius 1 is 1.07 bits per heavy atom. The first-order chi connectivity index (χ1) is 14.0. The summed E-state index contributed by atoms with van der Waals surface area (Å²) in [5.74, 6) is -1.57. The molecule has 0 N–H and O–H groups in total. The highest BCUT2D eigenvalue weighted by Gasteiger charge is 2.44. The molecule has 0 radical (unpaired) electrons. The number of ether oxygens (including phenoxy) is 2. The maximum Gasteiger partial charge on any atom is 0.338 e. The molecule has 2 saturated heterocycles. The minimum atomic E-state index is -0.579. The molecular formula is C21H26N2O6. The van der Waals surface area contributed by atoms with Crippen molar-refractivity contribution < 1.29 is 28.7 Å². The van der Waals surface area contributed by atoms with Gasteiger partial charge in [-0.05, 0) is 57.5 Å². The van der Waals surface area contributed by atoms with E-state index in [1.54, 1.807) is 38.1 Å². The molecule has 8 nitrogen and oxygen atoms in total. The van der Waals surface area contributed by atoms with Crippen molar-refractivity contribution in [3.05, 3.63) is 29.8 Å². The normalized spacial score (nSPS) is 22.6. The van der Waals surface area contributed by atoms with Crippen LogP contribution in [0.4, 0.5) is 5.69 Å². The summed E-state index contributed by atoms with van der Waals surface area (Å²) in [5, 5.41) is 0. The largest absolute Gasteiger partial charge is 0.466 e. The number of carbonyl (C=O) groups excluding carboxylic acids is 4. The average molecular weight is 402 g/mol. The second-order valence-electron chi connectivity index (χ2n) is 7.14. The number of hydrogen-bond donors (Lipinski definition) is 0. The Kier molecular flexibility index (Phi) is 6.64. The Bertz CT molecular complexity index is 791. The Morgan fingerprint density at radius 3 is 2.41 bits per heavy atom. The maximum atomic E-state index is 13.0. The fourth-order valence-corrected chi connectivity index (χ4v) is 3.88. The topological polar surface area (TPSA) is 93.2 Å². The number of imide groups is 1. The molecule has 2 atom stereocenters. The molecule has 2 aliphatic rings. The molecule has 0 aliphatic carbocycles. The molecule has 0 saturated carbocycles. The second kappa shape index (κ2) is 9.17. The van der Waals surface area contributed by atoms with Gasteiger partial charge in [0.2, 0.25) is 5.91 Å². The first kappa shape index (κ1) is 21.0. The summed E-state index contributed by atoms with van der Waals surface area (Å²) in [6.45, 7) is 5.16. The lowest BCUT2D eigenvalue weighted by atomic mass is 9.96. The molecule has 8 heteroatoms. The van der Waals surface area contributed by atoms with E-state index in [4.69, 9.17) is 9.47 Å². The van der Waals surface area contributed by atoms with Gasteiger partial charge in [0.05, 0.1) is 42.8 Å². The van der Waals surface area contributed by atoms with Gasteiger partial charge in [0.15, 0.2) is 0 Å². The molecule has 0 bridgehead atoms. The van der Waals surface area contributed by atoms with Crippen LogP contribution in [0.15, 0.2) is 24.3 Å². The molecule has 2 aliphatic heterocycles. The molecule has 3 rings (SSSR count). The number of carbonyl (C=O) groups is 4. The highest BCUT2D eigenvalue weighted by Crippen LogP contribution is 2.29. The first-order valence-corrected chi connectivity index (χ1v) is 10.0. The van der Waals surface area contributed by atoms with Crippen LogP contribution in [-0.4, -0.2) is 61.0 Å². The maximum absolute atomic E-state index is 13.0. The predicted molar refractivity (Wildman–Crippen MR) is 104 cm³/mol. The van der Waals surface area contributed by atoms with Crippen LogP contribution < -0.4 is 4.90 Å². The zero-order valence-corrected chi connectivity index (χ0v) is 16.8. The number of esters is 2. The molecule has 2 fully saturated rings. The van der Waals surface area contributed by atoms with Gasteiger partial charge in [0.25, 0.3) is 5.91 Å². The van der Waals surface area contributed by atoms with Crippen molar-refractivity contribution in [2.24, 2.45) is 5.92 Å². The van der Waals surface area contributed by atoms with E-state index < -0.39 is 12.0 Å². The highest BCUT2D eigenvalue weighted by atomic mass is 16.5. The van der Waals surface area contributed by atoms with Gasteiger partial charge in [-0.15, -0.1) is 0 Å². The molecule has 0 unspecified atom stereocenters. The summed E-state index contributed by atoms with van der Waals surface area (Å²) in [7, 11) is 0. The van der Waals surface area contributed by atoms with Crippen LogP contribution in [0.3, 0.4) is 0 Å². The molecule has 0 spiro atoms. The Morgan fingerprint density at radius 2 is 1.76 bits per heavy atom. The van der Waals surface area contributed by atoms with Gasteiger partial charge in [-0.2, -0.15) is 0 Å². The van der Waals surface area contributed by atoms with Gasteiger partial charge in [-0.3, -0.25) is 19.3 Å². The summed E-state index contributed by atoms with van der Waals surface area (Å²) >= 11 is 0. The molecule has 1 aromatic carbocycles. The lowest BCUT2D eigenvalue weighted by Gasteiger charge is -2.34. The van der Waals surface area contributed by atoms with Crippen LogP contribution in [0.2, 0.25) is 0 Å². The van der Waals surface area contributed by atoms with Crippen LogP contribution in [0.5, 0.6) is 0 Å². The van der Waals surface area contributed by atoms with Gasteiger partial charge < -0.3 is 9.47 Å². The summed E-state index contributed by atoms with van der Waals surface area (Å²) in [6, 6.07) is 5.64. The van der Waals surface area contributed by atoms with E-state index in [-0.39, 0.29) is 36.7 Å². The monoisotopic (exact) mass is 402 g/mol. The van der Waals surface area contributed by atoms with Gasteiger partial charge in [-0.25, -0.2) is 9.69 Å². The fourth-order valence-electron chi connectivity index (χ4n) is 3.88. The zero-order chi connectivity index (χ0) is 21.0. The lowest BCUT2D eigenvalue weighted by molar-refractivity contribution is -0.150. The van der Waals surface area contributed by atoms with Crippen molar-refractivity contribution in [3.8, 4) is 0 Å². The number of anilines is 1. The first-order valence-electron chi connectivity index (χ1n) is 10.0. The van der Waals surface area contributed by atoms with E-state index in [1.807, 2.05) is 4.90 Å². The minimum Gasteiger partial charge on any atom is -0.466 e. The number of benzene rings is 1. The molecule has 2 amide bonds. The standard InChI is InChI=1S/C21H26N2O6/c1-3-28-20(26)14-7-9-16(10-8-14)23-18(24)12-17(19(23)25)22-11-5-6-15(13-22)21(27)29-4-2/h7-10,15,17H,3-6,11-13H2,1-2H3/t15-,17+/m0/s1. The smallest absolute Gasteiger partial charge is 0.338 e. The zero-order valence-electron chi connectivity index (χ0n) is 16.8. The van der Waals surface area contributed by atoms with Gasteiger partial charge in [-0.1, -0.05) is 0 Å². The summed E-state index contributed by atoms with van der Waals surface area (Å²) in [6.07, 6.45) is 1.58. The lowest BCUT2D eigenvalue weighted by Crippen LogP contribution is -2.48. The van der Waals surface area contributed by atoms with Crippen molar-refractivity contribution in [1.29, 1.82) is 0 Å². The van der Waals surface area contributed by atoms with Crippen molar-refractivity contribution in [1.82, 2.24) is 4.90 Å². The molecule has 29 heavy (non-hydrogen) atoms. The SMILES string of the molecule is CCOC(=O)c1ccc(N2C(=O)C[C@@H](N3CCC[C@H](C(=O)OCC)C3)C2=O)cc1. The van der Waals surface area contributed by atoms with Crippen LogP contribution in [0, 0.1) is 5.92 Å². The molecular weight excluding hydrogens is 376 g/mol. The quantitative estimate of drug-likeness (QED) is 0.529. The number of hydrogen-bond acceptors (Lipinski definition) is 7. The summed E-state index contributed by atoms with van der Waals surface area (Å²) in [5.41, 5.74) is 0.786. The second-order valence-corrected chi connectivity index (χ2v) is 7.14. The number of amides is 2. The molecule has 156 valence electrons. The third kappa shape index (κ3) is 4.48. The van der Waals surface area contributed by atoms with Gasteiger partial charge in [0.1, 0.15) is 0 Å². The minimum absolute atomic E-state index is 0.0774. The van der Waals surface area contributed by atoms with Crippen molar-refractivity contribution in [2.75, 3.05) is 31.2 Å². The Labute approximate surface area is 169 Å². The van der Waals surface area contributed by atoms with Crippen molar-refractivity contribution in [3.63, 3.8) is 0 Å². The van der Waals surface area contributed by atoms with Crippen LogP contribution in [0.1, 0.15) is 43.5 Å². The van der Waals surface area contributed by atoms with Crippen LogP contribution in [0.25, 0.3) is 0 Å². The van der Waals surface area contributed by atoms with Crippen LogP contribution in [-0.2, 0) is 23.9 Å². The van der Waals surface area contributed by atoms with Gasteiger partial charge in [0, 0.05) is 6.54 Å². The number of rotatable bonds is 6. The Hall–Kier alpha value is -2.74. The molecule has 2 heterocycles. The predicted octanol–water partition coefficient (Wildman–Crippen LogP) is 1.77. The molecule has 1 aromatic rings. The van der Waals surface area contributed by atoms with E-state index in [2.05, 4.69) is 0 Å². The molecule has 0 aromatic heterocycles. The fraction of sp³-hybridized carbons (Fsp3) is 0.524. The third-order valence-electron chi connectivity index (χ3n) is 5.27. The number of nitrogens with zero attached hydrogens (tertiary/aromatic N) is 2. The van der Waals surface area contributed by atoms with Gasteiger partial charge >= 0.3 is 11.9 Å². The van der Waals surface area contributed by atoms with E-state index in [0.717, 1.165) is 17.7 Å². The summed E-state index contributed by atoms with van der Waals surface area (Å²) in [4.78, 5) is 52.5. The van der Waals surface area contributed by atoms with E-state index >= 15 is 0 Å². The van der Waals surface area contributed by atoms with Crippen LogP contribution >= 0.6 is 0 Å². The average Bonchev–Trinajstić information content (AvgIpc) is 3.02. The summed E-state index contributed by atoms with van der Waals surface area (Å²) < 4.78 is 10.1. The highest BCUT2D eigenvalue weighted by molar-refractivity contribution is 6.22. The number of piperidine rings is 1. The van der Waals surface area contributed by atoms with E-state index in [9.17, 15) is 19.2 Å². The third-order valence-corrected chi connectivity index (χ3v) is 5.27. The number of likely N-dealkylation sites (tertiary alicyclic amines) is 1. The van der Waals surface area contributed by atoms with Crippen molar-refractivity contribution in [2.45, 2.75) is 39.2 Å². The van der Waals surface area contributed by atoms with E-state index in [1.165, 1.54) is 0 Å². The van der Waals surface area contributed by atoms with Crippen molar-refractivity contribution >= 4 is 29.4 Å². The Balaban J connectivity index is 1.71. The van der Waals surface area contributed by atoms with E-state index in [0.29, 0.717) is 30.9 Å².